The Bertz CT molecular complexity index is 410. The van der Waals surface area contributed by atoms with Gasteiger partial charge in [-0.3, -0.25) is 0 Å². The van der Waals surface area contributed by atoms with E-state index in [4.69, 9.17) is 16.3 Å². The molecule has 1 aliphatic heterocycles. The molecular formula is C19H29ClO. The first-order chi connectivity index (χ1) is 10.3. The second-order valence-electron chi connectivity index (χ2n) is 8.73. The molecule has 9 atom stereocenters. The minimum absolute atomic E-state index is 0.467. The molecule has 0 bridgehead atoms. The lowest BCUT2D eigenvalue weighted by atomic mass is 9.65. The number of halogens is 1. The van der Waals surface area contributed by atoms with Gasteiger partial charge in [-0.05, 0) is 86.9 Å². The molecule has 0 aromatic rings. The van der Waals surface area contributed by atoms with Crippen LogP contribution >= 0.6 is 11.6 Å². The highest BCUT2D eigenvalue weighted by molar-refractivity contribution is 6.20. The van der Waals surface area contributed by atoms with Crippen molar-refractivity contribution in [1.82, 2.24) is 0 Å². The molecule has 5 rings (SSSR count). The van der Waals surface area contributed by atoms with Crippen LogP contribution in [0.25, 0.3) is 0 Å². The van der Waals surface area contributed by atoms with Gasteiger partial charge in [0.2, 0.25) is 0 Å². The van der Waals surface area contributed by atoms with Gasteiger partial charge in [-0.1, -0.05) is 12.8 Å². The second kappa shape index (κ2) is 5.13. The number of fused-ring (bicyclic) bond motifs is 7. The van der Waals surface area contributed by atoms with Crippen LogP contribution in [0, 0.1) is 35.5 Å². The molecule has 4 saturated carbocycles. The van der Waals surface area contributed by atoms with Crippen LogP contribution in [0.2, 0.25) is 0 Å². The van der Waals surface area contributed by atoms with Gasteiger partial charge in [0.05, 0.1) is 12.2 Å². The number of hydrogen-bond acceptors (Lipinski definition) is 1. The minimum Gasteiger partial charge on any atom is -0.374 e. The Labute approximate surface area is 134 Å². The normalized spacial score (nSPS) is 59.0. The molecule has 0 spiro atoms. The van der Waals surface area contributed by atoms with Gasteiger partial charge in [-0.15, -0.1) is 11.6 Å². The maximum atomic E-state index is 6.68. The summed E-state index contributed by atoms with van der Waals surface area (Å²) < 4.78 is 6.68. The van der Waals surface area contributed by atoms with Crippen molar-refractivity contribution < 1.29 is 4.74 Å². The summed E-state index contributed by atoms with van der Waals surface area (Å²) >= 11 is 6.46. The first-order valence-electron chi connectivity index (χ1n) is 9.61. The van der Waals surface area contributed by atoms with E-state index in [0.29, 0.717) is 17.6 Å². The molecule has 21 heavy (non-hydrogen) atoms. The zero-order valence-electron chi connectivity index (χ0n) is 13.1. The molecule has 4 aliphatic carbocycles. The van der Waals surface area contributed by atoms with Crippen molar-refractivity contribution in [1.29, 1.82) is 0 Å². The highest BCUT2D eigenvalue weighted by Gasteiger charge is 2.57. The number of hydrogen-bond donors (Lipinski definition) is 0. The van der Waals surface area contributed by atoms with Crippen LogP contribution in [-0.2, 0) is 4.74 Å². The van der Waals surface area contributed by atoms with Crippen molar-refractivity contribution in [2.75, 3.05) is 0 Å². The monoisotopic (exact) mass is 308 g/mol. The number of rotatable bonds is 0. The molecule has 5 fully saturated rings. The van der Waals surface area contributed by atoms with Gasteiger partial charge in [0, 0.05) is 5.38 Å². The molecule has 0 amide bonds. The lowest BCUT2D eigenvalue weighted by molar-refractivity contribution is -0.0399. The van der Waals surface area contributed by atoms with Gasteiger partial charge in [0.1, 0.15) is 0 Å². The number of ether oxygens (including phenoxy) is 1. The van der Waals surface area contributed by atoms with E-state index in [1.54, 1.807) is 0 Å². The highest BCUT2D eigenvalue weighted by Crippen LogP contribution is 2.60. The molecule has 9 unspecified atom stereocenters. The van der Waals surface area contributed by atoms with E-state index in [0.717, 1.165) is 35.5 Å². The van der Waals surface area contributed by atoms with E-state index in [9.17, 15) is 0 Å². The Hall–Kier alpha value is 0.250. The van der Waals surface area contributed by atoms with Crippen molar-refractivity contribution in [3.63, 3.8) is 0 Å². The minimum atomic E-state index is 0.467. The maximum absolute atomic E-state index is 6.68. The molecule has 5 aliphatic rings. The van der Waals surface area contributed by atoms with Gasteiger partial charge in [-0.25, -0.2) is 0 Å². The van der Waals surface area contributed by atoms with E-state index < -0.39 is 0 Å². The SMILES string of the molecule is ClC1CCC2C(C1)CC1C2CCC2C3CCCCC3OC21. The van der Waals surface area contributed by atoms with Crippen molar-refractivity contribution in [2.24, 2.45) is 35.5 Å². The summed E-state index contributed by atoms with van der Waals surface area (Å²) in [6.07, 6.45) is 15.3. The third-order valence-electron chi connectivity index (χ3n) is 7.96. The first-order valence-corrected chi connectivity index (χ1v) is 10.0. The van der Waals surface area contributed by atoms with Gasteiger partial charge in [0.15, 0.2) is 0 Å². The van der Waals surface area contributed by atoms with Crippen LogP contribution in [0.5, 0.6) is 0 Å². The zero-order chi connectivity index (χ0) is 14.0. The van der Waals surface area contributed by atoms with Gasteiger partial charge < -0.3 is 4.74 Å². The molecule has 0 N–H and O–H groups in total. The predicted octanol–water partition coefficient (Wildman–Crippen LogP) is 5.01. The fourth-order valence-electron chi connectivity index (χ4n) is 7.22. The largest absolute Gasteiger partial charge is 0.374 e. The average Bonchev–Trinajstić information content (AvgIpc) is 3.04. The summed E-state index contributed by atoms with van der Waals surface area (Å²) in [6, 6.07) is 0. The third-order valence-corrected chi connectivity index (χ3v) is 8.36. The van der Waals surface area contributed by atoms with Gasteiger partial charge in [-0.2, -0.15) is 0 Å². The zero-order valence-corrected chi connectivity index (χ0v) is 13.8. The summed E-state index contributed by atoms with van der Waals surface area (Å²) in [4.78, 5) is 0. The molecular weight excluding hydrogens is 280 g/mol. The predicted molar refractivity (Wildman–Crippen MR) is 85.4 cm³/mol. The van der Waals surface area contributed by atoms with Gasteiger partial charge in [0.25, 0.3) is 0 Å². The smallest absolute Gasteiger partial charge is 0.0641 e. The van der Waals surface area contributed by atoms with Crippen molar-refractivity contribution in [3.8, 4) is 0 Å². The molecule has 0 aromatic heterocycles. The molecule has 2 heteroatoms. The van der Waals surface area contributed by atoms with E-state index in [-0.39, 0.29) is 0 Å². The Balaban J connectivity index is 1.38. The Morgan fingerprint density at radius 1 is 0.667 bits per heavy atom. The first kappa shape index (κ1) is 13.7. The van der Waals surface area contributed by atoms with Gasteiger partial charge >= 0.3 is 0 Å². The van der Waals surface area contributed by atoms with Crippen molar-refractivity contribution in [3.05, 3.63) is 0 Å². The van der Waals surface area contributed by atoms with Crippen LogP contribution in [-0.4, -0.2) is 17.6 Å². The Morgan fingerprint density at radius 2 is 1.48 bits per heavy atom. The van der Waals surface area contributed by atoms with Crippen molar-refractivity contribution >= 4 is 11.6 Å². The lowest BCUT2D eigenvalue weighted by Crippen LogP contribution is -2.37. The summed E-state index contributed by atoms with van der Waals surface area (Å²) in [5, 5.41) is 0.467. The Morgan fingerprint density at radius 3 is 2.43 bits per heavy atom. The van der Waals surface area contributed by atoms with E-state index in [2.05, 4.69) is 0 Å². The third kappa shape index (κ3) is 2.06. The van der Waals surface area contributed by atoms with Crippen LogP contribution < -0.4 is 0 Å². The lowest BCUT2D eigenvalue weighted by Gasteiger charge is -2.39. The van der Waals surface area contributed by atoms with E-state index in [1.165, 1.54) is 64.2 Å². The topological polar surface area (TPSA) is 9.23 Å². The Kier molecular flexibility index (Phi) is 3.34. The summed E-state index contributed by atoms with van der Waals surface area (Å²) in [7, 11) is 0. The summed E-state index contributed by atoms with van der Waals surface area (Å²) in [6.45, 7) is 0. The maximum Gasteiger partial charge on any atom is 0.0641 e. The van der Waals surface area contributed by atoms with Crippen molar-refractivity contribution in [2.45, 2.75) is 81.8 Å². The molecule has 0 radical (unpaired) electrons. The number of alkyl halides is 1. The average molecular weight is 309 g/mol. The van der Waals surface area contributed by atoms with Crippen LogP contribution in [0.15, 0.2) is 0 Å². The van der Waals surface area contributed by atoms with Crippen LogP contribution in [0.3, 0.4) is 0 Å². The highest BCUT2D eigenvalue weighted by atomic mass is 35.5. The standard InChI is InChI=1S/C19H29ClO/c20-12-5-6-13-11(9-12)10-17-14(13)7-8-16-15-3-1-2-4-18(15)21-19(16)17/h11-19H,1-10H2. The molecule has 1 nitrogen and oxygen atoms in total. The van der Waals surface area contributed by atoms with E-state index >= 15 is 0 Å². The second-order valence-corrected chi connectivity index (χ2v) is 9.34. The summed E-state index contributed by atoms with van der Waals surface area (Å²) in [5.74, 6) is 5.65. The van der Waals surface area contributed by atoms with Crippen LogP contribution in [0.4, 0.5) is 0 Å². The fraction of sp³-hybridized carbons (Fsp3) is 1.00. The molecule has 1 saturated heterocycles. The summed E-state index contributed by atoms with van der Waals surface area (Å²) in [5.41, 5.74) is 0. The quantitative estimate of drug-likeness (QED) is 0.571. The molecule has 0 aromatic carbocycles. The van der Waals surface area contributed by atoms with Crippen LogP contribution in [0.1, 0.15) is 64.2 Å². The van der Waals surface area contributed by atoms with E-state index in [1.807, 2.05) is 0 Å². The molecule has 118 valence electrons. The fourth-order valence-corrected chi connectivity index (χ4v) is 7.58. The molecule has 1 heterocycles.